The van der Waals surface area contributed by atoms with Gasteiger partial charge in [-0.1, -0.05) is 51.8 Å². The zero-order valence-electron chi connectivity index (χ0n) is 15.3. The third-order valence-corrected chi connectivity index (χ3v) is 5.93. The van der Waals surface area contributed by atoms with E-state index in [1.165, 1.54) is 5.57 Å². The van der Waals surface area contributed by atoms with E-state index in [0.717, 1.165) is 21.5 Å². The summed E-state index contributed by atoms with van der Waals surface area (Å²) in [5, 5.41) is 0.844. The Morgan fingerprint density at radius 2 is 1.64 bits per heavy atom. The molecule has 142 valence electrons. The molecule has 1 aliphatic heterocycles. The molecule has 2 aromatic rings. The van der Waals surface area contributed by atoms with Gasteiger partial charge in [-0.25, -0.2) is 0 Å². The Morgan fingerprint density at radius 3 is 2.25 bits per heavy atom. The number of carbonyl (C=O) groups is 3. The molecule has 2 aromatic carbocycles. The molecule has 0 fully saturated rings. The van der Waals surface area contributed by atoms with E-state index < -0.39 is 11.8 Å². The van der Waals surface area contributed by atoms with Crippen molar-refractivity contribution >= 4 is 33.7 Å². The molecule has 0 saturated heterocycles. The summed E-state index contributed by atoms with van der Waals surface area (Å²) < 4.78 is 0.978. The summed E-state index contributed by atoms with van der Waals surface area (Å²) in [7, 11) is 0. The fraction of sp³-hybridized carbons (Fsp3) is 0.227. The maximum atomic E-state index is 13.1. The molecule has 0 bridgehead atoms. The SMILES string of the molecule is CC1=CC[C@@H](C(=O)NN2C(=O)c3ccccc3C2=O)[C@H](c2ccc(Br)cc2)C1. The Hall–Kier alpha value is -2.73. The maximum absolute atomic E-state index is 13.1. The van der Waals surface area contributed by atoms with Crippen LogP contribution in [0.15, 0.2) is 64.7 Å². The van der Waals surface area contributed by atoms with Gasteiger partial charge < -0.3 is 0 Å². The predicted molar refractivity (Wildman–Crippen MR) is 108 cm³/mol. The lowest BCUT2D eigenvalue weighted by Crippen LogP contribution is -2.49. The van der Waals surface area contributed by atoms with E-state index in [1.54, 1.807) is 24.3 Å². The number of nitrogens with one attached hydrogen (secondary N) is 1. The van der Waals surface area contributed by atoms with Crippen molar-refractivity contribution in [2.45, 2.75) is 25.7 Å². The van der Waals surface area contributed by atoms with Crippen LogP contribution in [0.1, 0.15) is 52.0 Å². The van der Waals surface area contributed by atoms with Gasteiger partial charge in [0.2, 0.25) is 5.91 Å². The Balaban J connectivity index is 1.57. The van der Waals surface area contributed by atoms with Gasteiger partial charge in [0, 0.05) is 4.47 Å². The van der Waals surface area contributed by atoms with E-state index in [2.05, 4.69) is 34.4 Å². The molecule has 1 heterocycles. The van der Waals surface area contributed by atoms with E-state index in [9.17, 15) is 14.4 Å². The molecule has 0 aromatic heterocycles. The van der Waals surface area contributed by atoms with Crippen LogP contribution in [-0.4, -0.2) is 22.7 Å². The van der Waals surface area contributed by atoms with Gasteiger partial charge in [-0.2, -0.15) is 5.01 Å². The lowest BCUT2D eigenvalue weighted by atomic mass is 9.75. The highest BCUT2D eigenvalue weighted by atomic mass is 79.9. The zero-order valence-corrected chi connectivity index (χ0v) is 16.9. The molecule has 0 unspecified atom stereocenters. The van der Waals surface area contributed by atoms with Crippen molar-refractivity contribution in [3.8, 4) is 0 Å². The Morgan fingerprint density at radius 1 is 1.04 bits per heavy atom. The van der Waals surface area contributed by atoms with Crippen LogP contribution < -0.4 is 5.43 Å². The molecule has 2 atom stereocenters. The predicted octanol–water partition coefficient (Wildman–Crippen LogP) is 4.22. The number of hydrazine groups is 1. The molecule has 0 saturated carbocycles. The van der Waals surface area contributed by atoms with Crippen molar-refractivity contribution in [2.75, 3.05) is 0 Å². The minimum atomic E-state index is -0.489. The highest BCUT2D eigenvalue weighted by molar-refractivity contribution is 9.10. The van der Waals surface area contributed by atoms with E-state index in [4.69, 9.17) is 0 Å². The van der Waals surface area contributed by atoms with Crippen LogP contribution in [0.5, 0.6) is 0 Å². The van der Waals surface area contributed by atoms with Gasteiger partial charge in [0.1, 0.15) is 0 Å². The summed E-state index contributed by atoms with van der Waals surface area (Å²) in [5.74, 6) is -1.65. The second-order valence-corrected chi connectivity index (χ2v) is 8.14. The molecular weight excluding hydrogens is 420 g/mol. The van der Waals surface area contributed by atoms with Gasteiger partial charge in [0.05, 0.1) is 17.0 Å². The average molecular weight is 439 g/mol. The summed E-state index contributed by atoms with van der Waals surface area (Å²) in [5.41, 5.74) is 5.51. The van der Waals surface area contributed by atoms with Gasteiger partial charge in [0.15, 0.2) is 0 Å². The smallest absolute Gasteiger partial charge is 0.273 e. The third-order valence-electron chi connectivity index (χ3n) is 5.40. The number of hydrogen-bond donors (Lipinski definition) is 1. The Labute approximate surface area is 171 Å². The Kier molecular flexibility index (Phi) is 4.89. The van der Waals surface area contributed by atoms with Crippen LogP contribution in [0, 0.1) is 5.92 Å². The first-order chi connectivity index (χ1) is 13.5. The van der Waals surface area contributed by atoms with Crippen molar-refractivity contribution in [1.29, 1.82) is 0 Å². The molecule has 4 rings (SSSR count). The number of carbonyl (C=O) groups excluding carboxylic acids is 3. The standard InChI is InChI=1S/C22H19BrN2O3/c1-13-6-11-16(19(12-13)14-7-9-15(23)10-8-14)20(26)24-25-21(27)17-4-2-3-5-18(17)22(25)28/h2-10,16,19H,11-12H2,1H3,(H,24,26)/t16-,19+/m1/s1. The Bertz CT molecular complexity index is 962. The largest absolute Gasteiger partial charge is 0.280 e. The lowest BCUT2D eigenvalue weighted by Gasteiger charge is -2.31. The quantitative estimate of drug-likeness (QED) is 0.576. The minimum absolute atomic E-state index is 0.00622. The third kappa shape index (κ3) is 3.29. The van der Waals surface area contributed by atoms with E-state index in [1.807, 2.05) is 24.3 Å². The van der Waals surface area contributed by atoms with Crippen molar-refractivity contribution in [3.05, 3.63) is 81.3 Å². The van der Waals surface area contributed by atoms with Gasteiger partial charge in [0.25, 0.3) is 11.8 Å². The second kappa shape index (κ2) is 7.36. The topological polar surface area (TPSA) is 66.5 Å². The molecule has 3 amide bonds. The van der Waals surface area contributed by atoms with Crippen LogP contribution >= 0.6 is 15.9 Å². The number of fused-ring (bicyclic) bond motifs is 1. The first-order valence-corrected chi connectivity index (χ1v) is 9.94. The number of benzene rings is 2. The van der Waals surface area contributed by atoms with Crippen LogP contribution in [0.3, 0.4) is 0 Å². The van der Waals surface area contributed by atoms with Crippen molar-refractivity contribution < 1.29 is 14.4 Å². The number of rotatable bonds is 3. The van der Waals surface area contributed by atoms with E-state index >= 15 is 0 Å². The second-order valence-electron chi connectivity index (χ2n) is 7.22. The number of amides is 3. The summed E-state index contributed by atoms with van der Waals surface area (Å²) in [4.78, 5) is 38.1. The molecule has 0 spiro atoms. The fourth-order valence-electron chi connectivity index (χ4n) is 3.90. The van der Waals surface area contributed by atoms with Gasteiger partial charge >= 0.3 is 0 Å². The van der Waals surface area contributed by atoms with Crippen LogP contribution in [0.4, 0.5) is 0 Å². The van der Waals surface area contributed by atoms with Crippen LogP contribution in [-0.2, 0) is 4.79 Å². The molecule has 1 N–H and O–H groups in total. The van der Waals surface area contributed by atoms with Gasteiger partial charge in [-0.05, 0) is 55.5 Å². The molecule has 0 radical (unpaired) electrons. The normalized spacial score (nSPS) is 21.4. The van der Waals surface area contributed by atoms with Gasteiger partial charge in [-0.15, -0.1) is 0 Å². The number of halogens is 1. The first-order valence-electron chi connectivity index (χ1n) is 9.15. The number of allylic oxidation sites excluding steroid dienone is 2. The molecular formula is C22H19BrN2O3. The van der Waals surface area contributed by atoms with E-state index in [-0.39, 0.29) is 17.7 Å². The average Bonchev–Trinajstić information content (AvgIpc) is 2.93. The summed E-state index contributed by atoms with van der Waals surface area (Å²) in [6.45, 7) is 2.06. The van der Waals surface area contributed by atoms with Crippen molar-refractivity contribution in [1.82, 2.24) is 10.4 Å². The minimum Gasteiger partial charge on any atom is -0.273 e. The molecule has 5 nitrogen and oxygen atoms in total. The molecule has 6 heteroatoms. The zero-order chi connectivity index (χ0) is 19.8. The van der Waals surface area contributed by atoms with E-state index in [0.29, 0.717) is 17.5 Å². The summed E-state index contributed by atoms with van der Waals surface area (Å²) >= 11 is 3.44. The fourth-order valence-corrected chi connectivity index (χ4v) is 4.16. The number of imide groups is 1. The number of nitrogens with zero attached hydrogens (tertiary/aromatic N) is 1. The first kappa shape index (κ1) is 18.6. The monoisotopic (exact) mass is 438 g/mol. The van der Waals surface area contributed by atoms with Crippen LogP contribution in [0.25, 0.3) is 0 Å². The highest BCUT2D eigenvalue weighted by Crippen LogP contribution is 2.38. The van der Waals surface area contributed by atoms with Crippen molar-refractivity contribution in [2.24, 2.45) is 5.92 Å². The molecule has 2 aliphatic rings. The highest BCUT2D eigenvalue weighted by Gasteiger charge is 2.39. The summed E-state index contributed by atoms with van der Waals surface area (Å²) in [6, 6.07) is 14.5. The molecule has 28 heavy (non-hydrogen) atoms. The lowest BCUT2D eigenvalue weighted by molar-refractivity contribution is -0.129. The maximum Gasteiger partial charge on any atom is 0.280 e. The number of hydrogen-bond acceptors (Lipinski definition) is 3. The van der Waals surface area contributed by atoms with Crippen LogP contribution in [0.2, 0.25) is 0 Å². The van der Waals surface area contributed by atoms with Crippen molar-refractivity contribution in [3.63, 3.8) is 0 Å². The summed E-state index contributed by atoms with van der Waals surface area (Å²) in [6.07, 6.45) is 3.39. The van der Waals surface area contributed by atoms with Gasteiger partial charge in [-0.3, -0.25) is 19.8 Å². The molecule has 1 aliphatic carbocycles.